The molecular weight excluding hydrogens is 300 g/mol. The van der Waals surface area contributed by atoms with Crippen LogP contribution < -0.4 is 10.0 Å². The number of rotatable bonds is 4. The van der Waals surface area contributed by atoms with Crippen molar-refractivity contribution in [3.8, 4) is 0 Å². The summed E-state index contributed by atoms with van der Waals surface area (Å²) < 4.78 is 25.6. The molecule has 0 aliphatic heterocycles. The molecule has 114 valence electrons. The Kier molecular flexibility index (Phi) is 4.95. The van der Waals surface area contributed by atoms with Gasteiger partial charge in [-0.15, -0.1) is 0 Å². The van der Waals surface area contributed by atoms with Crippen LogP contribution in [-0.4, -0.2) is 14.4 Å². The first-order valence-corrected chi connectivity index (χ1v) is 8.13. The third-order valence-electron chi connectivity index (χ3n) is 2.75. The van der Waals surface area contributed by atoms with Crippen LogP contribution in [0, 0.1) is 6.92 Å². The third kappa shape index (κ3) is 5.06. The summed E-state index contributed by atoms with van der Waals surface area (Å²) in [5, 5.41) is 3.43. The van der Waals surface area contributed by atoms with Gasteiger partial charge in [0.2, 0.25) is 0 Å². The van der Waals surface area contributed by atoms with Crippen LogP contribution in [0.5, 0.6) is 0 Å². The Morgan fingerprint density at radius 3 is 2.45 bits per heavy atom. The smallest absolute Gasteiger partial charge is 0.307 e. The Balaban J connectivity index is 1.99. The van der Waals surface area contributed by atoms with Crippen LogP contribution in [0.1, 0.15) is 11.1 Å². The average molecular weight is 316 g/mol. The summed E-state index contributed by atoms with van der Waals surface area (Å²) in [6, 6.07) is 15.2. The molecule has 2 N–H and O–H groups in total. The minimum absolute atomic E-state index is 0.528. The van der Waals surface area contributed by atoms with Crippen molar-refractivity contribution in [2.75, 3.05) is 5.32 Å². The number of amides is 2. The Morgan fingerprint density at radius 2 is 1.77 bits per heavy atom. The predicted molar refractivity (Wildman–Crippen MR) is 87.7 cm³/mol. The van der Waals surface area contributed by atoms with Gasteiger partial charge in [0.25, 0.3) is 10.0 Å². The maximum absolute atomic E-state index is 11.8. The highest BCUT2D eigenvalue weighted by Gasteiger charge is 2.11. The Labute approximate surface area is 129 Å². The summed E-state index contributed by atoms with van der Waals surface area (Å²) >= 11 is 0. The summed E-state index contributed by atoms with van der Waals surface area (Å²) in [5.41, 5.74) is 2.22. The number of benzene rings is 2. The molecule has 6 heteroatoms. The van der Waals surface area contributed by atoms with Crippen LogP contribution >= 0.6 is 0 Å². The number of urea groups is 1. The lowest BCUT2D eigenvalue weighted by Gasteiger charge is -2.06. The molecule has 0 atom stereocenters. The fourth-order valence-corrected chi connectivity index (χ4v) is 2.49. The first-order chi connectivity index (χ1) is 10.4. The highest BCUT2D eigenvalue weighted by Crippen LogP contribution is 2.09. The topological polar surface area (TPSA) is 75.3 Å². The quantitative estimate of drug-likeness (QED) is 0.910. The number of hydrogen-bond acceptors (Lipinski definition) is 3. The van der Waals surface area contributed by atoms with Gasteiger partial charge in [-0.1, -0.05) is 42.5 Å². The molecule has 0 aliphatic carbocycles. The summed E-state index contributed by atoms with van der Waals surface area (Å²) in [7, 11) is -3.85. The average Bonchev–Trinajstić information content (AvgIpc) is 2.46. The van der Waals surface area contributed by atoms with Gasteiger partial charge >= 0.3 is 6.03 Å². The second-order valence-corrected chi connectivity index (χ2v) is 6.25. The third-order valence-corrected chi connectivity index (χ3v) is 3.71. The van der Waals surface area contributed by atoms with Gasteiger partial charge in [0, 0.05) is 5.69 Å². The molecular formula is C16H16N2O3S. The van der Waals surface area contributed by atoms with E-state index < -0.39 is 16.1 Å². The van der Waals surface area contributed by atoms with E-state index in [4.69, 9.17) is 0 Å². The molecule has 0 spiro atoms. The molecule has 0 saturated heterocycles. The number of carbonyl (C=O) groups excluding carboxylic acids is 1. The van der Waals surface area contributed by atoms with Crippen LogP contribution in [0.3, 0.4) is 0 Å². The Morgan fingerprint density at radius 1 is 1.05 bits per heavy atom. The minimum atomic E-state index is -3.85. The molecule has 0 fully saturated rings. The number of sulfonamides is 1. The second kappa shape index (κ2) is 6.91. The van der Waals surface area contributed by atoms with Crippen molar-refractivity contribution in [2.45, 2.75) is 6.92 Å². The molecule has 2 amide bonds. The molecule has 22 heavy (non-hydrogen) atoms. The van der Waals surface area contributed by atoms with E-state index in [9.17, 15) is 13.2 Å². The number of nitrogens with one attached hydrogen (secondary N) is 2. The van der Waals surface area contributed by atoms with Gasteiger partial charge in [-0.3, -0.25) is 0 Å². The van der Waals surface area contributed by atoms with Crippen LogP contribution in [0.15, 0.2) is 60.0 Å². The summed E-state index contributed by atoms with van der Waals surface area (Å²) in [4.78, 5) is 11.7. The van der Waals surface area contributed by atoms with Gasteiger partial charge in [-0.25, -0.2) is 17.9 Å². The Hall–Kier alpha value is -2.60. The van der Waals surface area contributed by atoms with E-state index >= 15 is 0 Å². The maximum Gasteiger partial charge on any atom is 0.333 e. The van der Waals surface area contributed by atoms with Gasteiger partial charge in [-0.2, -0.15) is 0 Å². The molecule has 0 unspecified atom stereocenters. The van der Waals surface area contributed by atoms with Gasteiger partial charge in [-0.05, 0) is 36.3 Å². The zero-order valence-electron chi connectivity index (χ0n) is 12.0. The molecule has 5 nitrogen and oxygen atoms in total. The molecule has 2 rings (SSSR count). The fraction of sp³-hybridized carbons (Fsp3) is 0.0625. The molecule has 2 aromatic carbocycles. The number of hydrogen-bond donors (Lipinski definition) is 2. The predicted octanol–water partition coefficient (Wildman–Crippen LogP) is 3.12. The fourth-order valence-electron chi connectivity index (χ4n) is 1.77. The molecule has 0 aliphatic rings. The minimum Gasteiger partial charge on any atom is -0.307 e. The zero-order valence-corrected chi connectivity index (χ0v) is 12.8. The standard InChI is InChI=1S/C16H16N2O3S/c1-13-6-5-9-15(12-13)17-16(19)18-22(20,21)11-10-14-7-3-2-4-8-14/h2-12H,1H3,(H2,17,18,19)/b11-10+. The van der Waals surface area contributed by atoms with Crippen molar-refractivity contribution < 1.29 is 13.2 Å². The van der Waals surface area contributed by atoms with Crippen molar-refractivity contribution in [1.29, 1.82) is 0 Å². The van der Waals surface area contributed by atoms with Gasteiger partial charge in [0.05, 0.1) is 5.41 Å². The van der Waals surface area contributed by atoms with E-state index in [1.807, 2.05) is 23.8 Å². The van der Waals surface area contributed by atoms with E-state index in [1.165, 1.54) is 6.08 Å². The highest BCUT2D eigenvalue weighted by atomic mass is 32.2. The largest absolute Gasteiger partial charge is 0.333 e. The number of aryl methyl sites for hydroxylation is 1. The molecule has 0 saturated carbocycles. The SMILES string of the molecule is Cc1cccc(NC(=O)NS(=O)(=O)/C=C/c2ccccc2)c1. The molecule has 0 heterocycles. The summed E-state index contributed by atoms with van der Waals surface area (Å²) in [6.07, 6.45) is 1.42. The van der Waals surface area contributed by atoms with Crippen molar-refractivity contribution in [3.05, 3.63) is 71.1 Å². The van der Waals surface area contributed by atoms with E-state index in [1.54, 1.807) is 42.5 Å². The van der Waals surface area contributed by atoms with Crippen molar-refractivity contribution in [2.24, 2.45) is 0 Å². The van der Waals surface area contributed by atoms with Gasteiger partial charge < -0.3 is 5.32 Å². The molecule has 0 radical (unpaired) electrons. The highest BCUT2D eigenvalue weighted by molar-refractivity contribution is 7.93. The Bertz CT molecular complexity index is 784. The van der Waals surface area contributed by atoms with Crippen LogP contribution in [0.25, 0.3) is 6.08 Å². The van der Waals surface area contributed by atoms with Gasteiger partial charge in [0.15, 0.2) is 0 Å². The van der Waals surface area contributed by atoms with Crippen LogP contribution in [0.2, 0.25) is 0 Å². The van der Waals surface area contributed by atoms with E-state index in [0.717, 1.165) is 16.5 Å². The molecule has 2 aromatic rings. The maximum atomic E-state index is 11.8. The van der Waals surface area contributed by atoms with Crippen LogP contribution in [0.4, 0.5) is 10.5 Å². The van der Waals surface area contributed by atoms with Crippen molar-refractivity contribution in [3.63, 3.8) is 0 Å². The first-order valence-electron chi connectivity index (χ1n) is 6.58. The van der Waals surface area contributed by atoms with Gasteiger partial charge in [0.1, 0.15) is 0 Å². The zero-order chi connectivity index (χ0) is 16.0. The molecule has 0 aromatic heterocycles. The lowest BCUT2D eigenvalue weighted by atomic mass is 10.2. The van der Waals surface area contributed by atoms with E-state index in [2.05, 4.69) is 5.32 Å². The lowest BCUT2D eigenvalue weighted by molar-refractivity contribution is 0.256. The number of anilines is 1. The van der Waals surface area contributed by atoms with Crippen molar-refractivity contribution in [1.82, 2.24) is 4.72 Å². The monoisotopic (exact) mass is 316 g/mol. The van der Waals surface area contributed by atoms with E-state index in [-0.39, 0.29) is 0 Å². The number of carbonyl (C=O) groups is 1. The first kappa shape index (κ1) is 15.8. The van der Waals surface area contributed by atoms with Crippen LogP contribution in [-0.2, 0) is 10.0 Å². The summed E-state index contributed by atoms with van der Waals surface area (Å²) in [6.45, 7) is 1.88. The lowest BCUT2D eigenvalue weighted by Crippen LogP contribution is -2.32. The summed E-state index contributed by atoms with van der Waals surface area (Å²) in [5.74, 6) is 0. The second-order valence-electron chi connectivity index (χ2n) is 4.68. The normalized spacial score (nSPS) is 11.3. The molecule has 0 bridgehead atoms. The van der Waals surface area contributed by atoms with E-state index in [0.29, 0.717) is 5.69 Å². The van der Waals surface area contributed by atoms with Crippen molar-refractivity contribution >= 4 is 27.8 Å².